The van der Waals surface area contributed by atoms with Gasteiger partial charge in [-0.3, -0.25) is 0 Å². The molecule has 1 saturated heterocycles. The summed E-state index contributed by atoms with van der Waals surface area (Å²) < 4.78 is 15.2. The van der Waals surface area contributed by atoms with Crippen molar-refractivity contribution >= 4 is 11.9 Å². The number of hydrogen-bond donors (Lipinski definition) is 0. The molecule has 1 fully saturated rings. The molecule has 132 valence electrons. The summed E-state index contributed by atoms with van der Waals surface area (Å²) in [5.74, 6) is -1.08. The molecule has 0 bridgehead atoms. The molecule has 0 aliphatic carbocycles. The van der Waals surface area contributed by atoms with Gasteiger partial charge in [-0.25, -0.2) is 9.59 Å². The summed E-state index contributed by atoms with van der Waals surface area (Å²) >= 11 is 0. The standard InChI is InChI=1S/C18H30O5/c1-3-5-6-7-8-9-10-11-12-16(23-17(19)4-2)18(20)22-14-15-13-21-15/h4,15-16H,2-3,5-14H2,1H3. The second kappa shape index (κ2) is 12.1. The number of rotatable bonds is 14. The summed E-state index contributed by atoms with van der Waals surface area (Å²) in [6, 6.07) is 0. The smallest absolute Gasteiger partial charge is 0.347 e. The van der Waals surface area contributed by atoms with E-state index in [1.54, 1.807) is 0 Å². The Morgan fingerprint density at radius 2 is 1.78 bits per heavy atom. The molecule has 0 radical (unpaired) electrons. The van der Waals surface area contributed by atoms with Gasteiger partial charge in [0.1, 0.15) is 12.7 Å². The van der Waals surface area contributed by atoms with Crippen molar-refractivity contribution in [3.63, 3.8) is 0 Å². The topological polar surface area (TPSA) is 65.1 Å². The minimum Gasteiger partial charge on any atom is -0.460 e. The minimum absolute atomic E-state index is 0.0119. The van der Waals surface area contributed by atoms with Crippen LogP contribution in [0.5, 0.6) is 0 Å². The summed E-state index contributed by atoms with van der Waals surface area (Å²) in [5, 5.41) is 0. The molecular formula is C18H30O5. The largest absolute Gasteiger partial charge is 0.460 e. The van der Waals surface area contributed by atoms with Crippen molar-refractivity contribution in [1.29, 1.82) is 0 Å². The number of carbonyl (C=O) groups excluding carboxylic acids is 2. The van der Waals surface area contributed by atoms with Crippen LogP contribution >= 0.6 is 0 Å². The van der Waals surface area contributed by atoms with Gasteiger partial charge in [0.2, 0.25) is 0 Å². The molecular weight excluding hydrogens is 296 g/mol. The first kappa shape index (κ1) is 19.7. The second-order valence-corrected chi connectivity index (χ2v) is 5.98. The third-order valence-corrected chi connectivity index (χ3v) is 3.82. The molecule has 1 heterocycles. The second-order valence-electron chi connectivity index (χ2n) is 5.98. The Morgan fingerprint density at radius 3 is 2.35 bits per heavy atom. The predicted octanol–water partition coefficient (Wildman–Crippen LogP) is 3.56. The molecule has 0 spiro atoms. The van der Waals surface area contributed by atoms with Crippen LogP contribution in [0.1, 0.15) is 64.7 Å². The van der Waals surface area contributed by atoms with E-state index in [9.17, 15) is 9.59 Å². The Morgan fingerprint density at radius 1 is 1.17 bits per heavy atom. The zero-order chi connectivity index (χ0) is 16.9. The summed E-state index contributed by atoms with van der Waals surface area (Å²) in [6.45, 7) is 6.43. The van der Waals surface area contributed by atoms with Gasteiger partial charge in [-0.1, -0.05) is 58.4 Å². The van der Waals surface area contributed by atoms with E-state index in [0.29, 0.717) is 13.0 Å². The molecule has 5 nitrogen and oxygen atoms in total. The van der Waals surface area contributed by atoms with E-state index in [4.69, 9.17) is 14.2 Å². The fourth-order valence-electron chi connectivity index (χ4n) is 2.31. The monoisotopic (exact) mass is 326 g/mol. The molecule has 0 aromatic carbocycles. The van der Waals surface area contributed by atoms with E-state index in [1.807, 2.05) is 0 Å². The molecule has 2 atom stereocenters. The molecule has 5 heteroatoms. The SMILES string of the molecule is C=CC(=O)OC(CCCCCCCCCC)C(=O)OCC1CO1. The van der Waals surface area contributed by atoms with Gasteiger partial charge in [0, 0.05) is 6.08 Å². The first-order valence-corrected chi connectivity index (χ1v) is 8.78. The molecule has 0 saturated carbocycles. The van der Waals surface area contributed by atoms with Crippen molar-refractivity contribution in [3.8, 4) is 0 Å². The van der Waals surface area contributed by atoms with Gasteiger partial charge in [-0.2, -0.15) is 0 Å². The van der Waals surface area contributed by atoms with Gasteiger partial charge < -0.3 is 14.2 Å². The van der Waals surface area contributed by atoms with Crippen LogP contribution in [0.15, 0.2) is 12.7 Å². The summed E-state index contributed by atoms with van der Waals surface area (Å²) in [5.41, 5.74) is 0. The van der Waals surface area contributed by atoms with E-state index in [0.717, 1.165) is 25.3 Å². The molecule has 1 aliphatic rings. The van der Waals surface area contributed by atoms with Crippen molar-refractivity contribution in [2.24, 2.45) is 0 Å². The number of hydrogen-bond acceptors (Lipinski definition) is 5. The Bertz CT molecular complexity index is 362. The van der Waals surface area contributed by atoms with Gasteiger partial charge in [-0.15, -0.1) is 0 Å². The zero-order valence-electron chi connectivity index (χ0n) is 14.3. The van der Waals surface area contributed by atoms with Crippen LogP contribution in [-0.4, -0.2) is 37.4 Å². The molecule has 0 aromatic rings. The maximum Gasteiger partial charge on any atom is 0.347 e. The average molecular weight is 326 g/mol. The highest BCUT2D eigenvalue weighted by Crippen LogP contribution is 2.14. The molecule has 0 amide bonds. The molecule has 23 heavy (non-hydrogen) atoms. The van der Waals surface area contributed by atoms with Gasteiger partial charge in [-0.05, 0) is 12.8 Å². The van der Waals surface area contributed by atoms with Gasteiger partial charge in [0.25, 0.3) is 0 Å². The Balaban J connectivity index is 2.18. The summed E-state index contributed by atoms with van der Waals surface area (Å²) in [7, 11) is 0. The average Bonchev–Trinajstić information content (AvgIpc) is 3.38. The van der Waals surface area contributed by atoms with Crippen LogP contribution in [0.25, 0.3) is 0 Å². The highest BCUT2D eigenvalue weighted by molar-refractivity contribution is 5.85. The minimum atomic E-state index is -0.834. The first-order valence-electron chi connectivity index (χ1n) is 8.78. The Kier molecular flexibility index (Phi) is 10.4. The first-order chi connectivity index (χ1) is 11.2. The number of esters is 2. The van der Waals surface area contributed by atoms with Crippen LogP contribution in [0.2, 0.25) is 0 Å². The maximum absolute atomic E-state index is 12.0. The van der Waals surface area contributed by atoms with Crippen LogP contribution in [0.3, 0.4) is 0 Å². The lowest BCUT2D eigenvalue weighted by Crippen LogP contribution is -2.29. The van der Waals surface area contributed by atoms with E-state index in [2.05, 4.69) is 13.5 Å². The van der Waals surface area contributed by atoms with Crippen LogP contribution in [0, 0.1) is 0 Å². The maximum atomic E-state index is 12.0. The summed E-state index contributed by atoms with van der Waals surface area (Å²) in [4.78, 5) is 23.3. The van der Waals surface area contributed by atoms with Crippen LogP contribution < -0.4 is 0 Å². The quantitative estimate of drug-likeness (QED) is 0.211. The lowest BCUT2D eigenvalue weighted by atomic mass is 10.1. The van der Waals surface area contributed by atoms with Crippen LogP contribution in [-0.2, 0) is 23.8 Å². The Labute approximate surface area is 139 Å². The van der Waals surface area contributed by atoms with E-state index in [1.165, 1.54) is 32.1 Å². The molecule has 0 N–H and O–H groups in total. The summed E-state index contributed by atoms with van der Waals surface area (Å²) in [6.07, 6.45) is 10.1. The zero-order valence-corrected chi connectivity index (χ0v) is 14.3. The van der Waals surface area contributed by atoms with E-state index in [-0.39, 0.29) is 12.7 Å². The lowest BCUT2D eigenvalue weighted by molar-refractivity contribution is -0.166. The highest BCUT2D eigenvalue weighted by atomic mass is 16.6. The third-order valence-electron chi connectivity index (χ3n) is 3.82. The van der Waals surface area contributed by atoms with Crippen LogP contribution in [0.4, 0.5) is 0 Å². The fourth-order valence-corrected chi connectivity index (χ4v) is 2.31. The lowest BCUT2D eigenvalue weighted by Gasteiger charge is -2.15. The van der Waals surface area contributed by atoms with Gasteiger partial charge in [0.15, 0.2) is 6.10 Å². The predicted molar refractivity (Wildman–Crippen MR) is 88.0 cm³/mol. The fraction of sp³-hybridized carbons (Fsp3) is 0.778. The van der Waals surface area contributed by atoms with E-state index < -0.39 is 18.0 Å². The van der Waals surface area contributed by atoms with Gasteiger partial charge in [0.05, 0.1) is 6.61 Å². The van der Waals surface area contributed by atoms with Crippen molar-refractivity contribution in [3.05, 3.63) is 12.7 Å². The van der Waals surface area contributed by atoms with Gasteiger partial charge >= 0.3 is 11.9 Å². The number of carbonyl (C=O) groups is 2. The van der Waals surface area contributed by atoms with E-state index >= 15 is 0 Å². The normalized spacial score (nSPS) is 17.3. The number of epoxide rings is 1. The highest BCUT2D eigenvalue weighted by Gasteiger charge is 2.28. The molecule has 1 rings (SSSR count). The molecule has 0 aromatic heterocycles. The van der Waals surface area contributed by atoms with Crippen molar-refractivity contribution in [2.75, 3.05) is 13.2 Å². The molecule has 1 aliphatic heterocycles. The van der Waals surface area contributed by atoms with Crippen molar-refractivity contribution < 1.29 is 23.8 Å². The van der Waals surface area contributed by atoms with Crippen molar-refractivity contribution in [1.82, 2.24) is 0 Å². The Hall–Kier alpha value is -1.36. The molecule has 2 unspecified atom stereocenters. The third kappa shape index (κ3) is 10.1. The van der Waals surface area contributed by atoms with Crippen molar-refractivity contribution in [2.45, 2.75) is 76.9 Å². The number of unbranched alkanes of at least 4 members (excludes halogenated alkanes) is 7. The number of ether oxygens (including phenoxy) is 3.